The molecule has 160 valence electrons. The molecule has 1 N–H and O–H groups in total. The summed E-state index contributed by atoms with van der Waals surface area (Å²) in [5, 5.41) is 2.56. The second kappa shape index (κ2) is 9.24. The zero-order chi connectivity index (χ0) is 22.4. The van der Waals surface area contributed by atoms with Crippen LogP contribution in [0.15, 0.2) is 60.9 Å². The molecular formula is C21H16F3N3O4. The van der Waals surface area contributed by atoms with Gasteiger partial charge in [0, 0.05) is 18.6 Å². The summed E-state index contributed by atoms with van der Waals surface area (Å²) in [5.41, 5.74) is 0.355. The Kier molecular flexibility index (Phi) is 6.49. The first kappa shape index (κ1) is 21.8. The number of anilines is 1. The van der Waals surface area contributed by atoms with E-state index < -0.39 is 30.2 Å². The summed E-state index contributed by atoms with van der Waals surface area (Å²) in [6.07, 6.45) is -3.22. The van der Waals surface area contributed by atoms with Crippen LogP contribution in [0.25, 0.3) is 11.3 Å². The van der Waals surface area contributed by atoms with E-state index in [2.05, 4.69) is 20.0 Å². The molecule has 1 heterocycles. The summed E-state index contributed by atoms with van der Waals surface area (Å²) in [7, 11) is 0. The molecule has 0 atom stereocenters. The van der Waals surface area contributed by atoms with Gasteiger partial charge in [-0.05, 0) is 24.3 Å². The first-order valence-electron chi connectivity index (χ1n) is 8.92. The highest BCUT2D eigenvalue weighted by Crippen LogP contribution is 2.32. The van der Waals surface area contributed by atoms with Crippen LogP contribution in [0.1, 0.15) is 12.5 Å². The van der Waals surface area contributed by atoms with Crippen molar-refractivity contribution < 1.29 is 32.2 Å². The number of hydrogen-bond donors (Lipinski definition) is 1. The third-order valence-electron chi connectivity index (χ3n) is 3.93. The monoisotopic (exact) mass is 431 g/mol. The highest BCUT2D eigenvalue weighted by Gasteiger charge is 2.30. The maximum absolute atomic E-state index is 12.7. The number of benzene rings is 2. The number of nitrogens with zero attached hydrogens (tertiary/aromatic N) is 2. The molecule has 3 aromatic rings. The van der Waals surface area contributed by atoms with E-state index in [1.54, 1.807) is 24.3 Å². The predicted octanol–water partition coefficient (Wildman–Crippen LogP) is 4.46. The molecule has 1 amide bonds. The van der Waals surface area contributed by atoms with E-state index in [9.17, 15) is 22.8 Å². The van der Waals surface area contributed by atoms with Gasteiger partial charge in [-0.25, -0.2) is 9.97 Å². The molecule has 3 rings (SSSR count). The molecule has 2 aromatic carbocycles. The topological polar surface area (TPSA) is 90.4 Å². The molecule has 0 aliphatic carbocycles. The standard InChI is InChI=1S/C21H16F3N3O4/c1-13(28)30-11-19(29)27-16-4-2-3-5-18(16)31-20-10-17(25-12-26-20)14-6-8-15(9-7-14)21(22,23)24/h2-10,12H,11H2,1H3,(H,27,29). The summed E-state index contributed by atoms with van der Waals surface area (Å²) in [6.45, 7) is 0.739. The molecule has 0 aliphatic rings. The molecule has 7 nitrogen and oxygen atoms in total. The van der Waals surface area contributed by atoms with Crippen molar-refractivity contribution >= 4 is 17.6 Å². The molecular weight excluding hydrogens is 415 g/mol. The van der Waals surface area contributed by atoms with Gasteiger partial charge in [0.05, 0.1) is 16.9 Å². The average molecular weight is 431 g/mol. The van der Waals surface area contributed by atoms with Crippen molar-refractivity contribution in [3.8, 4) is 22.9 Å². The Bertz CT molecular complexity index is 1090. The highest BCUT2D eigenvalue weighted by molar-refractivity contribution is 5.94. The third kappa shape index (κ3) is 6.01. The number of carbonyl (C=O) groups is 2. The molecule has 0 bridgehead atoms. The Hall–Kier alpha value is -3.95. The van der Waals surface area contributed by atoms with Crippen molar-refractivity contribution in [3.05, 3.63) is 66.5 Å². The number of para-hydroxylation sites is 2. The van der Waals surface area contributed by atoms with Gasteiger partial charge in [0.25, 0.3) is 5.91 Å². The fraction of sp³-hybridized carbons (Fsp3) is 0.143. The van der Waals surface area contributed by atoms with Crippen LogP contribution in [-0.4, -0.2) is 28.5 Å². The predicted molar refractivity (Wildman–Crippen MR) is 104 cm³/mol. The summed E-state index contributed by atoms with van der Waals surface area (Å²) >= 11 is 0. The van der Waals surface area contributed by atoms with E-state index >= 15 is 0 Å². The molecule has 0 radical (unpaired) electrons. The maximum Gasteiger partial charge on any atom is 0.416 e. The number of halogens is 3. The smallest absolute Gasteiger partial charge is 0.416 e. The fourth-order valence-corrected chi connectivity index (χ4v) is 2.51. The van der Waals surface area contributed by atoms with Crippen molar-refractivity contribution in [2.75, 3.05) is 11.9 Å². The second-order valence-electron chi connectivity index (χ2n) is 6.24. The van der Waals surface area contributed by atoms with Crippen LogP contribution in [-0.2, 0) is 20.5 Å². The zero-order valence-electron chi connectivity index (χ0n) is 16.1. The minimum Gasteiger partial charge on any atom is -0.456 e. The lowest BCUT2D eigenvalue weighted by Crippen LogP contribution is -2.20. The van der Waals surface area contributed by atoms with E-state index in [4.69, 9.17) is 4.74 Å². The van der Waals surface area contributed by atoms with Crippen molar-refractivity contribution in [3.63, 3.8) is 0 Å². The number of amides is 1. The van der Waals surface area contributed by atoms with Crippen molar-refractivity contribution in [2.24, 2.45) is 0 Å². The van der Waals surface area contributed by atoms with Gasteiger partial charge in [0.15, 0.2) is 12.4 Å². The normalized spacial score (nSPS) is 11.0. The lowest BCUT2D eigenvalue weighted by atomic mass is 10.1. The third-order valence-corrected chi connectivity index (χ3v) is 3.93. The highest BCUT2D eigenvalue weighted by atomic mass is 19.4. The first-order valence-corrected chi connectivity index (χ1v) is 8.92. The first-order chi connectivity index (χ1) is 14.7. The van der Waals surface area contributed by atoms with E-state index in [0.29, 0.717) is 16.9 Å². The number of esters is 1. The Balaban J connectivity index is 1.77. The number of alkyl halides is 3. The molecule has 0 aliphatic heterocycles. The van der Waals surface area contributed by atoms with Gasteiger partial charge in [0.2, 0.25) is 5.88 Å². The van der Waals surface area contributed by atoms with Crippen LogP contribution in [0.3, 0.4) is 0 Å². The molecule has 0 saturated heterocycles. The Labute approximate surface area is 174 Å². The number of carbonyl (C=O) groups excluding carboxylic acids is 2. The molecule has 0 unspecified atom stereocenters. The minimum atomic E-state index is -4.43. The Morgan fingerprint density at radius 2 is 1.74 bits per heavy atom. The molecule has 0 spiro atoms. The van der Waals surface area contributed by atoms with E-state index in [0.717, 1.165) is 12.1 Å². The maximum atomic E-state index is 12.7. The van der Waals surface area contributed by atoms with Gasteiger partial charge in [-0.1, -0.05) is 24.3 Å². The Morgan fingerprint density at radius 3 is 2.42 bits per heavy atom. The number of aromatic nitrogens is 2. The summed E-state index contributed by atoms with van der Waals surface area (Å²) in [6, 6.07) is 12.5. The SMILES string of the molecule is CC(=O)OCC(=O)Nc1ccccc1Oc1cc(-c2ccc(C(F)(F)F)cc2)ncn1. The summed E-state index contributed by atoms with van der Waals surface area (Å²) in [4.78, 5) is 30.8. The molecule has 1 aromatic heterocycles. The summed E-state index contributed by atoms with van der Waals surface area (Å²) < 4.78 is 48.6. The van der Waals surface area contributed by atoms with Crippen LogP contribution >= 0.6 is 0 Å². The van der Waals surface area contributed by atoms with E-state index in [1.165, 1.54) is 31.5 Å². The average Bonchev–Trinajstić information content (AvgIpc) is 2.73. The van der Waals surface area contributed by atoms with E-state index in [1.807, 2.05) is 0 Å². The minimum absolute atomic E-state index is 0.117. The van der Waals surface area contributed by atoms with Gasteiger partial charge in [-0.2, -0.15) is 13.2 Å². The second-order valence-corrected chi connectivity index (χ2v) is 6.24. The van der Waals surface area contributed by atoms with E-state index in [-0.39, 0.29) is 11.6 Å². The van der Waals surface area contributed by atoms with Gasteiger partial charge in [-0.3, -0.25) is 9.59 Å². The molecule has 0 saturated carbocycles. The van der Waals surface area contributed by atoms with Crippen molar-refractivity contribution in [1.82, 2.24) is 9.97 Å². The van der Waals surface area contributed by atoms with Gasteiger partial charge in [0.1, 0.15) is 6.33 Å². The Morgan fingerprint density at radius 1 is 1.03 bits per heavy atom. The molecule has 31 heavy (non-hydrogen) atoms. The molecule has 0 fully saturated rings. The van der Waals surface area contributed by atoms with Crippen molar-refractivity contribution in [2.45, 2.75) is 13.1 Å². The largest absolute Gasteiger partial charge is 0.456 e. The number of hydrogen-bond acceptors (Lipinski definition) is 6. The van der Waals surface area contributed by atoms with Crippen LogP contribution in [0, 0.1) is 0 Å². The zero-order valence-corrected chi connectivity index (χ0v) is 16.1. The number of nitrogens with one attached hydrogen (secondary N) is 1. The quantitative estimate of drug-likeness (QED) is 0.580. The van der Waals surface area contributed by atoms with Crippen LogP contribution in [0.2, 0.25) is 0 Å². The van der Waals surface area contributed by atoms with Gasteiger partial charge < -0.3 is 14.8 Å². The van der Waals surface area contributed by atoms with Crippen LogP contribution in [0.5, 0.6) is 11.6 Å². The van der Waals surface area contributed by atoms with Gasteiger partial charge >= 0.3 is 12.1 Å². The fourth-order valence-electron chi connectivity index (χ4n) is 2.51. The van der Waals surface area contributed by atoms with Crippen LogP contribution in [0.4, 0.5) is 18.9 Å². The van der Waals surface area contributed by atoms with Crippen LogP contribution < -0.4 is 10.1 Å². The summed E-state index contributed by atoms with van der Waals surface area (Å²) in [5.74, 6) is -0.766. The number of ether oxygens (including phenoxy) is 2. The molecule has 10 heteroatoms. The van der Waals surface area contributed by atoms with Crippen molar-refractivity contribution in [1.29, 1.82) is 0 Å². The van der Waals surface area contributed by atoms with Gasteiger partial charge in [-0.15, -0.1) is 0 Å². The lowest BCUT2D eigenvalue weighted by molar-refractivity contribution is -0.145. The lowest BCUT2D eigenvalue weighted by Gasteiger charge is -2.12. The number of rotatable bonds is 6.